The number of hydrogen-bond acceptors (Lipinski definition) is 2. The molecular weight excluding hydrogens is 400 g/mol. The maximum atomic E-state index is 6.40. The molecule has 1 aromatic rings. The molecule has 4 rings (SSSR count). The Morgan fingerprint density at radius 3 is 2.58 bits per heavy atom. The van der Waals surface area contributed by atoms with Crippen molar-refractivity contribution >= 4 is 17.7 Å². The van der Waals surface area contributed by atoms with Gasteiger partial charge in [0.25, 0.3) is 0 Å². The van der Waals surface area contributed by atoms with Gasteiger partial charge in [0.05, 0.1) is 0 Å². The van der Waals surface area contributed by atoms with Crippen molar-refractivity contribution in [3.63, 3.8) is 0 Å². The molecular formula is C28H33ClN2. The first kappa shape index (κ1) is 22.0. The van der Waals surface area contributed by atoms with Gasteiger partial charge in [-0.3, -0.25) is 0 Å². The van der Waals surface area contributed by atoms with Crippen molar-refractivity contribution < 1.29 is 0 Å². The predicted molar refractivity (Wildman–Crippen MR) is 133 cm³/mol. The summed E-state index contributed by atoms with van der Waals surface area (Å²) in [7, 11) is 2.21. The number of benzene rings is 1. The maximum Gasteiger partial charge on any atom is 0.0441 e. The normalized spacial score (nSPS) is 22.9. The molecule has 0 spiro atoms. The van der Waals surface area contributed by atoms with Crippen LogP contribution in [0, 0.1) is 0 Å². The number of piperazine rings is 1. The predicted octanol–water partition coefficient (Wildman–Crippen LogP) is 6.74. The van der Waals surface area contributed by atoms with E-state index in [1.807, 2.05) is 6.07 Å². The fourth-order valence-electron chi connectivity index (χ4n) is 4.68. The summed E-state index contributed by atoms with van der Waals surface area (Å²) in [5, 5.41) is 0.789. The molecule has 1 saturated heterocycles. The Bertz CT molecular complexity index is 1050. The summed E-state index contributed by atoms with van der Waals surface area (Å²) in [5.74, 6) is 0.416. The summed E-state index contributed by atoms with van der Waals surface area (Å²) in [6.07, 6.45) is 8.86. The highest BCUT2D eigenvalue weighted by Crippen LogP contribution is 2.36. The van der Waals surface area contributed by atoms with Gasteiger partial charge in [-0.1, -0.05) is 49.4 Å². The molecule has 2 bridgehead atoms. The van der Waals surface area contributed by atoms with Gasteiger partial charge in [0.15, 0.2) is 0 Å². The van der Waals surface area contributed by atoms with Gasteiger partial charge in [0.1, 0.15) is 0 Å². The Morgan fingerprint density at radius 1 is 1.10 bits per heavy atom. The molecule has 1 aromatic carbocycles. The SMILES string of the molecule is C=C1C=C(C)C2=Cc3cc(Cl)ccc3C(C)CC=C(N3CCN(C)CC3)C(=C=C1C)C2. The number of nitrogens with zero attached hydrogens (tertiary/aromatic N) is 2. The quantitative estimate of drug-likeness (QED) is 0.453. The lowest BCUT2D eigenvalue weighted by molar-refractivity contribution is 0.188. The third kappa shape index (κ3) is 4.83. The van der Waals surface area contributed by atoms with Gasteiger partial charge in [0, 0.05) is 48.9 Å². The van der Waals surface area contributed by atoms with E-state index in [1.165, 1.54) is 33.5 Å². The van der Waals surface area contributed by atoms with Crippen LogP contribution in [0.4, 0.5) is 0 Å². The van der Waals surface area contributed by atoms with E-state index in [0.29, 0.717) is 5.92 Å². The lowest BCUT2D eigenvalue weighted by Crippen LogP contribution is -2.44. The Balaban J connectivity index is 1.91. The van der Waals surface area contributed by atoms with E-state index in [4.69, 9.17) is 11.6 Å². The zero-order chi connectivity index (χ0) is 22.1. The molecule has 1 unspecified atom stereocenters. The van der Waals surface area contributed by atoms with E-state index >= 15 is 0 Å². The second-order valence-electron chi connectivity index (χ2n) is 9.22. The number of likely N-dealkylation sites (N-methyl/N-ethyl adjacent to an activating group) is 1. The summed E-state index contributed by atoms with van der Waals surface area (Å²) in [5.41, 5.74) is 13.7. The zero-order valence-corrected chi connectivity index (χ0v) is 20.0. The van der Waals surface area contributed by atoms with Crippen LogP contribution in [0.3, 0.4) is 0 Å². The first-order valence-electron chi connectivity index (χ1n) is 11.3. The molecule has 0 radical (unpaired) electrons. The number of fused-ring (bicyclic) bond motifs is 3. The van der Waals surface area contributed by atoms with Crippen molar-refractivity contribution in [2.24, 2.45) is 0 Å². The van der Waals surface area contributed by atoms with Crippen molar-refractivity contribution in [3.05, 3.63) is 92.4 Å². The molecule has 1 aliphatic heterocycles. The third-order valence-corrected chi connectivity index (χ3v) is 7.05. The summed E-state index contributed by atoms with van der Waals surface area (Å²) >= 11 is 6.40. The molecule has 3 heteroatoms. The van der Waals surface area contributed by atoms with Crippen LogP contribution < -0.4 is 0 Å². The standard InChI is InChI=1S/C28H33ClN2/c1-19-6-9-28(31-12-10-30(5)11-13-31)25-15-21(3)20(2)14-22(4)23(17-25)16-24-18-26(29)7-8-27(19)24/h7-9,14,16,18-19H,2,6,10-13,17H2,1,3-5H3. The maximum absolute atomic E-state index is 6.40. The smallest absolute Gasteiger partial charge is 0.0441 e. The minimum absolute atomic E-state index is 0.416. The van der Waals surface area contributed by atoms with Crippen LogP contribution in [0.25, 0.3) is 6.08 Å². The van der Waals surface area contributed by atoms with Gasteiger partial charge in [0.2, 0.25) is 0 Å². The highest BCUT2D eigenvalue weighted by molar-refractivity contribution is 6.30. The number of rotatable bonds is 1. The van der Waals surface area contributed by atoms with Crippen molar-refractivity contribution in [1.82, 2.24) is 9.80 Å². The summed E-state index contributed by atoms with van der Waals surface area (Å²) in [6, 6.07) is 6.33. The van der Waals surface area contributed by atoms with E-state index < -0.39 is 0 Å². The van der Waals surface area contributed by atoms with Crippen LogP contribution in [0.2, 0.25) is 5.02 Å². The number of allylic oxidation sites excluding steroid dienone is 6. The average Bonchev–Trinajstić information content (AvgIpc) is 2.73. The Labute approximate surface area is 192 Å². The van der Waals surface area contributed by atoms with Crippen molar-refractivity contribution in [2.75, 3.05) is 33.2 Å². The highest BCUT2D eigenvalue weighted by Gasteiger charge is 2.23. The minimum atomic E-state index is 0.416. The Morgan fingerprint density at radius 2 is 1.84 bits per heavy atom. The monoisotopic (exact) mass is 432 g/mol. The summed E-state index contributed by atoms with van der Waals surface area (Å²) in [4.78, 5) is 4.97. The minimum Gasteiger partial charge on any atom is -0.368 e. The molecule has 0 amide bonds. The summed E-state index contributed by atoms with van der Waals surface area (Å²) in [6.45, 7) is 15.3. The Hall–Kier alpha value is -2.25. The van der Waals surface area contributed by atoms with E-state index in [2.05, 4.69) is 80.3 Å². The molecule has 162 valence electrons. The van der Waals surface area contributed by atoms with Gasteiger partial charge in [-0.05, 0) is 78.8 Å². The lowest BCUT2D eigenvalue weighted by Gasteiger charge is -2.37. The number of halogens is 1. The van der Waals surface area contributed by atoms with E-state index in [-0.39, 0.29) is 0 Å². The summed E-state index contributed by atoms with van der Waals surface area (Å²) < 4.78 is 0. The number of hydrogen-bond donors (Lipinski definition) is 0. The van der Waals surface area contributed by atoms with Crippen LogP contribution >= 0.6 is 11.6 Å². The van der Waals surface area contributed by atoms with Crippen LogP contribution in [-0.4, -0.2) is 43.0 Å². The van der Waals surface area contributed by atoms with Crippen molar-refractivity contribution in [3.8, 4) is 0 Å². The molecule has 0 aromatic heterocycles. The molecule has 2 nitrogen and oxygen atoms in total. The first-order chi connectivity index (χ1) is 14.8. The highest BCUT2D eigenvalue weighted by atomic mass is 35.5. The van der Waals surface area contributed by atoms with Gasteiger partial charge < -0.3 is 9.80 Å². The van der Waals surface area contributed by atoms with E-state index in [1.54, 1.807) is 0 Å². The molecule has 1 fully saturated rings. The molecule has 1 atom stereocenters. The fourth-order valence-corrected chi connectivity index (χ4v) is 4.86. The molecule has 2 aliphatic carbocycles. The van der Waals surface area contributed by atoms with Crippen molar-refractivity contribution in [1.29, 1.82) is 0 Å². The van der Waals surface area contributed by atoms with Gasteiger partial charge in [-0.15, -0.1) is 5.73 Å². The fraction of sp³-hybridized carbons (Fsp3) is 0.393. The second kappa shape index (κ2) is 9.09. The Kier molecular flexibility index (Phi) is 6.44. The molecule has 0 saturated carbocycles. The van der Waals surface area contributed by atoms with Crippen LogP contribution in [0.15, 0.2) is 76.2 Å². The van der Waals surface area contributed by atoms with E-state index in [0.717, 1.165) is 55.2 Å². The molecule has 0 N–H and O–H groups in total. The molecule has 3 aliphatic rings. The van der Waals surface area contributed by atoms with Crippen LogP contribution in [0.1, 0.15) is 50.7 Å². The molecule has 1 heterocycles. The van der Waals surface area contributed by atoms with E-state index in [9.17, 15) is 0 Å². The lowest BCUT2D eigenvalue weighted by atomic mass is 9.85. The van der Waals surface area contributed by atoms with Crippen molar-refractivity contribution in [2.45, 2.75) is 39.5 Å². The first-order valence-corrected chi connectivity index (χ1v) is 11.7. The van der Waals surface area contributed by atoms with Crippen LogP contribution in [-0.2, 0) is 0 Å². The molecule has 31 heavy (non-hydrogen) atoms. The van der Waals surface area contributed by atoms with Gasteiger partial charge in [-0.2, -0.15) is 0 Å². The van der Waals surface area contributed by atoms with Gasteiger partial charge in [-0.25, -0.2) is 0 Å². The average molecular weight is 433 g/mol. The topological polar surface area (TPSA) is 6.48 Å². The third-order valence-electron chi connectivity index (χ3n) is 6.81. The van der Waals surface area contributed by atoms with Crippen LogP contribution in [0.5, 0.6) is 0 Å². The second-order valence-corrected chi connectivity index (χ2v) is 9.65. The van der Waals surface area contributed by atoms with Gasteiger partial charge >= 0.3 is 0 Å². The largest absolute Gasteiger partial charge is 0.368 e. The zero-order valence-electron chi connectivity index (χ0n) is 19.3.